The Kier molecular flexibility index (Phi) is 18.2. The van der Waals surface area contributed by atoms with Gasteiger partial charge in [0.05, 0.1) is 26.2 Å². The van der Waals surface area contributed by atoms with E-state index in [1.54, 1.807) is 50.2 Å². The van der Waals surface area contributed by atoms with Gasteiger partial charge in [-0.05, 0) is 61.1 Å². The van der Waals surface area contributed by atoms with Crippen LogP contribution in [0.5, 0.6) is 17.2 Å². The van der Waals surface area contributed by atoms with Gasteiger partial charge in [0.1, 0.15) is 24.7 Å². The smallest absolute Gasteiger partial charge is 0.341 e. The maximum absolute atomic E-state index is 13.5. The number of amides is 1. The molecule has 1 aliphatic rings. The normalized spacial score (nSPS) is 13.7. The molecule has 0 aromatic heterocycles. The number of Topliss-reactive ketones (excluding diaryl/α,β-unsaturated/α-hetero) is 1. The molecule has 2 aromatic carbocycles. The number of carboxylic acid groups (broad SMARTS) is 1. The average molecular weight is 676 g/mol. The van der Waals surface area contributed by atoms with Crippen molar-refractivity contribution in [3.8, 4) is 17.2 Å². The number of allylic oxidation sites excluding steroid dienone is 1. The first-order valence-electron chi connectivity index (χ1n) is 15.2. The number of rotatable bonds is 14. The summed E-state index contributed by atoms with van der Waals surface area (Å²) in [5.41, 5.74) is 0.258. The molecule has 0 aliphatic carbocycles. The number of benzene rings is 2. The van der Waals surface area contributed by atoms with E-state index in [2.05, 4.69) is 6.58 Å². The zero-order valence-electron chi connectivity index (χ0n) is 28.4. The molecule has 0 spiro atoms. The van der Waals surface area contributed by atoms with Gasteiger partial charge >= 0.3 is 11.9 Å². The third kappa shape index (κ3) is 12.8. The molecule has 1 amide bonds. The number of carbonyl (C=O) groups excluding carboxylic acids is 4. The van der Waals surface area contributed by atoms with Gasteiger partial charge in [-0.3, -0.25) is 14.4 Å². The molecular formula is C35H46FNO11. The van der Waals surface area contributed by atoms with Gasteiger partial charge < -0.3 is 33.7 Å². The summed E-state index contributed by atoms with van der Waals surface area (Å²) in [6, 6.07) is 9.14. The lowest BCUT2D eigenvalue weighted by atomic mass is 9.87. The van der Waals surface area contributed by atoms with Gasteiger partial charge in [0.25, 0.3) is 5.91 Å². The Hall–Kier alpha value is -4.78. The minimum absolute atomic E-state index is 0.0647. The van der Waals surface area contributed by atoms with Gasteiger partial charge in [0, 0.05) is 13.7 Å². The number of piperidine rings is 1. The van der Waals surface area contributed by atoms with Crippen LogP contribution in [0.15, 0.2) is 49.1 Å². The second-order valence-electron chi connectivity index (χ2n) is 11.1. The van der Waals surface area contributed by atoms with Crippen molar-refractivity contribution in [2.45, 2.75) is 59.1 Å². The molecule has 1 atom stereocenters. The van der Waals surface area contributed by atoms with Crippen LogP contribution in [-0.2, 0) is 46.5 Å². The standard InChI is InChI=1S/C22H29NO8.C10H13FO2.C3H4O/c1-22(2,14-29-3)19(26)20(27)23-10-5-4-9-17(23)21(28)31-12-15-7-6-8-16(11-15)30-13-18(24)25;1-4-7-5-6-8(12-2)10(13-3)9(7)11;1-2-3-4/h6-8,11,17H,4-5,9-10,12-14H2,1-3H3,(H,24,25);5-6H,4H2,1-3H3;2-3H,1H2. The molecule has 1 fully saturated rings. The summed E-state index contributed by atoms with van der Waals surface area (Å²) >= 11 is 0. The number of carboxylic acids is 1. The number of likely N-dealkylation sites (tertiary alicyclic amines) is 1. The van der Waals surface area contributed by atoms with Crippen LogP contribution in [0.25, 0.3) is 0 Å². The molecule has 1 aliphatic heterocycles. The molecule has 12 nitrogen and oxygen atoms in total. The summed E-state index contributed by atoms with van der Waals surface area (Å²) in [6.45, 7) is 8.14. The van der Waals surface area contributed by atoms with E-state index in [1.807, 2.05) is 6.92 Å². The van der Waals surface area contributed by atoms with E-state index in [0.29, 0.717) is 54.7 Å². The summed E-state index contributed by atoms with van der Waals surface area (Å²) in [7, 11) is 4.38. The van der Waals surface area contributed by atoms with E-state index < -0.39 is 41.7 Å². The summed E-state index contributed by atoms with van der Waals surface area (Å²) in [6.07, 6.45) is 4.35. The number of ketones is 1. The Balaban J connectivity index is 0.000000557. The summed E-state index contributed by atoms with van der Waals surface area (Å²) in [4.78, 5) is 59.2. The second kappa shape index (κ2) is 21.2. The van der Waals surface area contributed by atoms with Crippen molar-refractivity contribution in [3.63, 3.8) is 0 Å². The fourth-order valence-corrected chi connectivity index (χ4v) is 4.59. The number of methoxy groups -OCH3 is 3. The maximum Gasteiger partial charge on any atom is 0.341 e. The molecule has 1 N–H and O–H groups in total. The van der Waals surface area contributed by atoms with Gasteiger partial charge in [0.15, 0.2) is 23.9 Å². The number of esters is 1. The monoisotopic (exact) mass is 675 g/mol. The third-order valence-electron chi connectivity index (χ3n) is 7.03. The van der Waals surface area contributed by atoms with Crippen molar-refractivity contribution in [2.24, 2.45) is 5.41 Å². The van der Waals surface area contributed by atoms with Crippen molar-refractivity contribution < 1.29 is 57.2 Å². The van der Waals surface area contributed by atoms with E-state index in [0.717, 1.165) is 6.42 Å². The zero-order chi connectivity index (χ0) is 36.3. The van der Waals surface area contributed by atoms with Crippen LogP contribution in [0, 0.1) is 11.2 Å². The molecule has 2 aromatic rings. The molecule has 1 heterocycles. The topological polar surface area (TPSA) is 155 Å². The highest BCUT2D eigenvalue weighted by atomic mass is 19.1. The van der Waals surface area contributed by atoms with Crippen LogP contribution in [0.2, 0.25) is 0 Å². The lowest BCUT2D eigenvalue weighted by Crippen LogP contribution is -2.53. The Labute approximate surface area is 280 Å². The van der Waals surface area contributed by atoms with Crippen molar-refractivity contribution in [1.82, 2.24) is 4.90 Å². The van der Waals surface area contributed by atoms with Crippen LogP contribution < -0.4 is 14.2 Å². The fraction of sp³-hybridized carbons (Fsp3) is 0.457. The molecule has 0 radical (unpaired) electrons. The Bertz CT molecular complexity index is 1390. The van der Waals surface area contributed by atoms with Crippen molar-refractivity contribution in [2.75, 3.05) is 41.1 Å². The first-order valence-corrected chi connectivity index (χ1v) is 15.2. The maximum atomic E-state index is 13.5. The number of ether oxygens (including phenoxy) is 5. The lowest BCUT2D eigenvalue weighted by Gasteiger charge is -2.35. The SMILES string of the molecule is C=CC=O.CCc1ccc(OC)c(OC)c1F.COCC(C)(C)C(=O)C(=O)N1CCCCC1C(=O)OCc1cccc(OCC(=O)O)c1. The molecule has 13 heteroatoms. The van der Waals surface area contributed by atoms with E-state index in [-0.39, 0.29) is 24.8 Å². The average Bonchev–Trinajstić information content (AvgIpc) is 3.09. The number of carbonyl (C=O) groups is 5. The van der Waals surface area contributed by atoms with E-state index >= 15 is 0 Å². The molecule has 48 heavy (non-hydrogen) atoms. The van der Waals surface area contributed by atoms with Crippen LogP contribution in [0.4, 0.5) is 4.39 Å². The lowest BCUT2D eigenvalue weighted by molar-refractivity contribution is -0.162. The summed E-state index contributed by atoms with van der Waals surface area (Å²) in [5.74, 6) is -2.35. The highest BCUT2D eigenvalue weighted by molar-refractivity contribution is 6.38. The van der Waals surface area contributed by atoms with Gasteiger partial charge in [-0.2, -0.15) is 0 Å². The predicted molar refractivity (Wildman–Crippen MR) is 175 cm³/mol. The second-order valence-corrected chi connectivity index (χ2v) is 11.1. The van der Waals surface area contributed by atoms with E-state index in [1.165, 1.54) is 32.3 Å². The van der Waals surface area contributed by atoms with Crippen LogP contribution in [0.3, 0.4) is 0 Å². The number of aliphatic carboxylic acids is 1. The Morgan fingerprint density at radius 2 is 1.77 bits per heavy atom. The minimum Gasteiger partial charge on any atom is -0.493 e. The highest BCUT2D eigenvalue weighted by Crippen LogP contribution is 2.32. The molecule has 0 bridgehead atoms. The van der Waals surface area contributed by atoms with Gasteiger partial charge in [-0.15, -0.1) is 0 Å². The molecule has 1 unspecified atom stereocenters. The van der Waals surface area contributed by atoms with Gasteiger partial charge in [-0.1, -0.05) is 45.5 Å². The summed E-state index contributed by atoms with van der Waals surface area (Å²) in [5, 5.41) is 8.70. The number of nitrogens with zero attached hydrogens (tertiary/aromatic N) is 1. The molecule has 0 saturated carbocycles. The number of aldehydes is 1. The molecule has 3 rings (SSSR count). The van der Waals surface area contributed by atoms with E-state index in [9.17, 15) is 23.6 Å². The van der Waals surface area contributed by atoms with Gasteiger partial charge in [-0.25, -0.2) is 14.0 Å². The number of hydrogen-bond donors (Lipinski definition) is 1. The van der Waals surface area contributed by atoms with E-state index in [4.69, 9.17) is 33.6 Å². The molecular weight excluding hydrogens is 629 g/mol. The Morgan fingerprint density at radius 3 is 2.33 bits per heavy atom. The van der Waals surface area contributed by atoms with Crippen molar-refractivity contribution in [1.29, 1.82) is 0 Å². The minimum atomic E-state index is -1.10. The van der Waals surface area contributed by atoms with Crippen LogP contribution >= 0.6 is 0 Å². The Morgan fingerprint density at radius 1 is 1.08 bits per heavy atom. The third-order valence-corrected chi connectivity index (χ3v) is 7.03. The predicted octanol–water partition coefficient (Wildman–Crippen LogP) is 4.59. The van der Waals surface area contributed by atoms with Gasteiger partial charge in [0.2, 0.25) is 5.78 Å². The van der Waals surface area contributed by atoms with Crippen molar-refractivity contribution >= 4 is 29.9 Å². The summed E-state index contributed by atoms with van der Waals surface area (Å²) < 4.78 is 38.9. The number of hydrogen-bond acceptors (Lipinski definition) is 10. The quantitative estimate of drug-likeness (QED) is 0.129. The highest BCUT2D eigenvalue weighted by Gasteiger charge is 2.41. The first-order chi connectivity index (χ1) is 22.8. The molecule has 264 valence electrons. The number of halogens is 1. The largest absolute Gasteiger partial charge is 0.493 e. The van der Waals surface area contributed by atoms with Crippen LogP contribution in [0.1, 0.15) is 51.2 Å². The van der Waals surface area contributed by atoms with Crippen LogP contribution in [-0.4, -0.2) is 87.1 Å². The number of aryl methyl sites for hydroxylation is 1. The fourth-order valence-electron chi connectivity index (χ4n) is 4.59. The first kappa shape index (κ1) is 41.2. The molecule has 1 saturated heterocycles. The zero-order valence-corrected chi connectivity index (χ0v) is 28.4. The van der Waals surface area contributed by atoms with Crippen molar-refractivity contribution in [3.05, 3.63) is 66.0 Å².